The average Bonchev–Trinajstić information content (AvgIpc) is 3.58. The number of nitrogens with zero attached hydrogens (tertiary/aromatic N) is 4. The fourth-order valence-electron chi connectivity index (χ4n) is 4.44. The van der Waals surface area contributed by atoms with Crippen LogP contribution in [0.15, 0.2) is 10.9 Å². The number of hydrogen-bond donors (Lipinski definition) is 3. The molecule has 1 aliphatic carbocycles. The predicted molar refractivity (Wildman–Crippen MR) is 146 cm³/mol. The van der Waals surface area contributed by atoms with Gasteiger partial charge in [0.25, 0.3) is 17.4 Å². The lowest BCUT2D eigenvalue weighted by atomic mass is 10.1. The minimum atomic E-state index is -2.83. The Morgan fingerprint density at radius 2 is 1.83 bits per heavy atom. The number of nitrogens with one attached hydrogen (secondary N) is 2. The van der Waals surface area contributed by atoms with Gasteiger partial charge in [-0.15, -0.1) is 5.10 Å². The van der Waals surface area contributed by atoms with Crippen LogP contribution in [0.4, 0.5) is 19.4 Å². The van der Waals surface area contributed by atoms with Gasteiger partial charge in [0.1, 0.15) is 5.60 Å². The summed E-state index contributed by atoms with van der Waals surface area (Å²) >= 11 is 0. The maximum absolute atomic E-state index is 13.6. The Morgan fingerprint density at radius 3 is 2.39 bits per heavy atom. The number of alkyl halides is 2. The number of halogens is 2. The molecule has 0 radical (unpaired) electrons. The van der Waals surface area contributed by atoms with Crippen molar-refractivity contribution in [3.8, 4) is 5.88 Å². The highest BCUT2D eigenvalue weighted by molar-refractivity contribution is 5.98. The highest BCUT2D eigenvalue weighted by atomic mass is 19.3. The van der Waals surface area contributed by atoms with E-state index >= 15 is 0 Å². The fraction of sp³-hybridized carbons (Fsp3) is 0.593. The molecule has 0 unspecified atom stereocenters. The van der Waals surface area contributed by atoms with Crippen LogP contribution >= 0.6 is 0 Å². The number of aromatic nitrogens is 3. The molecule has 224 valence electrons. The van der Waals surface area contributed by atoms with Gasteiger partial charge >= 0.3 is 6.09 Å². The van der Waals surface area contributed by atoms with Crippen molar-refractivity contribution in [3.63, 3.8) is 0 Å². The van der Waals surface area contributed by atoms with Gasteiger partial charge in [0, 0.05) is 44.6 Å². The minimum Gasteiger partial charge on any atom is -0.494 e. The van der Waals surface area contributed by atoms with E-state index in [4.69, 9.17) is 4.74 Å². The SMILES string of the molecule is CC(C)Cn1c(O)c(C(=O)NC2CC2)c(=O)n2nc(NC(=O)OC(C)(C)C)c(/C=C/C(=O)N3CCC(F)(F)CC3)c12. The molecule has 3 N–H and O–H groups in total. The van der Waals surface area contributed by atoms with Crippen LogP contribution in [0.3, 0.4) is 0 Å². The summed E-state index contributed by atoms with van der Waals surface area (Å²) in [6.07, 6.45) is 2.15. The molecule has 12 nitrogen and oxygen atoms in total. The number of rotatable bonds is 7. The fourth-order valence-corrected chi connectivity index (χ4v) is 4.44. The number of likely N-dealkylation sites (tertiary alicyclic amines) is 1. The van der Waals surface area contributed by atoms with Gasteiger partial charge < -0.3 is 20.1 Å². The predicted octanol–water partition coefficient (Wildman–Crippen LogP) is 3.37. The Kier molecular flexibility index (Phi) is 8.14. The maximum Gasteiger partial charge on any atom is 0.413 e. The summed E-state index contributed by atoms with van der Waals surface area (Å²) in [5.74, 6) is -4.95. The number of hydrogen-bond acceptors (Lipinski definition) is 7. The van der Waals surface area contributed by atoms with Crippen molar-refractivity contribution in [1.82, 2.24) is 24.4 Å². The van der Waals surface area contributed by atoms with Crippen LogP contribution in [0.5, 0.6) is 5.88 Å². The van der Waals surface area contributed by atoms with E-state index in [0.717, 1.165) is 23.4 Å². The zero-order valence-electron chi connectivity index (χ0n) is 23.8. The molecule has 0 spiro atoms. The quantitative estimate of drug-likeness (QED) is 0.427. The molecular weight excluding hydrogens is 542 g/mol. The Labute approximate surface area is 235 Å². The van der Waals surface area contributed by atoms with Crippen LogP contribution in [0.25, 0.3) is 11.7 Å². The highest BCUT2D eigenvalue weighted by Gasteiger charge is 2.35. The van der Waals surface area contributed by atoms with E-state index in [1.165, 1.54) is 15.5 Å². The third-order valence-corrected chi connectivity index (χ3v) is 6.54. The van der Waals surface area contributed by atoms with Gasteiger partial charge in [0.15, 0.2) is 17.0 Å². The Bertz CT molecular complexity index is 1440. The molecule has 0 bridgehead atoms. The number of aromatic hydroxyl groups is 1. The Balaban J connectivity index is 1.84. The van der Waals surface area contributed by atoms with Crippen molar-refractivity contribution >= 4 is 35.4 Å². The van der Waals surface area contributed by atoms with Gasteiger partial charge in [0.05, 0.1) is 5.56 Å². The molecule has 0 atom stereocenters. The summed E-state index contributed by atoms with van der Waals surface area (Å²) in [6.45, 7) is 8.58. The zero-order chi connectivity index (χ0) is 30.3. The van der Waals surface area contributed by atoms with Crippen molar-refractivity contribution in [2.45, 2.75) is 84.4 Å². The molecule has 3 heterocycles. The Hall–Kier alpha value is -3.97. The Morgan fingerprint density at radius 1 is 1.20 bits per heavy atom. The van der Waals surface area contributed by atoms with Gasteiger partial charge in [-0.1, -0.05) is 13.8 Å². The largest absolute Gasteiger partial charge is 0.494 e. The van der Waals surface area contributed by atoms with E-state index in [1.807, 2.05) is 13.8 Å². The third kappa shape index (κ3) is 7.03. The summed E-state index contributed by atoms with van der Waals surface area (Å²) < 4.78 is 34.7. The van der Waals surface area contributed by atoms with E-state index in [1.54, 1.807) is 20.8 Å². The average molecular weight is 579 g/mol. The number of ether oxygens (including phenoxy) is 1. The van der Waals surface area contributed by atoms with Gasteiger partial charge in [-0.3, -0.25) is 24.3 Å². The zero-order valence-corrected chi connectivity index (χ0v) is 23.8. The molecule has 1 aliphatic heterocycles. The van der Waals surface area contributed by atoms with Gasteiger partial charge in [0.2, 0.25) is 11.8 Å². The maximum atomic E-state index is 13.6. The summed E-state index contributed by atoms with van der Waals surface area (Å²) in [7, 11) is 0. The lowest BCUT2D eigenvalue weighted by molar-refractivity contribution is -0.132. The van der Waals surface area contributed by atoms with Crippen molar-refractivity contribution < 1.29 is 33.0 Å². The van der Waals surface area contributed by atoms with E-state index in [0.29, 0.717) is 0 Å². The first-order valence-electron chi connectivity index (χ1n) is 13.6. The van der Waals surface area contributed by atoms with Crippen molar-refractivity contribution in [2.24, 2.45) is 5.92 Å². The normalized spacial score (nSPS) is 17.3. The lowest BCUT2D eigenvalue weighted by Gasteiger charge is -2.30. The molecule has 2 aromatic rings. The van der Waals surface area contributed by atoms with Crippen molar-refractivity contribution in [3.05, 3.63) is 27.6 Å². The molecule has 4 rings (SSSR count). The summed E-state index contributed by atoms with van der Waals surface area (Å²) in [6, 6.07) is -0.0863. The van der Waals surface area contributed by atoms with Gasteiger partial charge in [-0.2, -0.15) is 4.52 Å². The molecule has 2 fully saturated rings. The van der Waals surface area contributed by atoms with Crippen LogP contribution in [0.2, 0.25) is 0 Å². The third-order valence-electron chi connectivity index (χ3n) is 6.54. The van der Waals surface area contributed by atoms with Crippen molar-refractivity contribution in [1.29, 1.82) is 0 Å². The van der Waals surface area contributed by atoms with E-state index in [9.17, 15) is 33.1 Å². The molecular formula is C27H36F2N6O6. The number of carbonyl (C=O) groups excluding carboxylic acids is 3. The van der Waals surface area contributed by atoms with Gasteiger partial charge in [-0.25, -0.2) is 13.6 Å². The number of anilines is 1. The van der Waals surface area contributed by atoms with Crippen LogP contribution in [0, 0.1) is 5.92 Å². The smallest absolute Gasteiger partial charge is 0.413 e. The standard InChI is InChI=1S/C27H36F2N6O6/c1-15(2)14-34-22-17(8-9-18(36)33-12-10-27(28,29)11-13-33)20(31-25(40)41-26(3,4)5)32-35(22)24(39)19(23(34)38)21(37)30-16-6-7-16/h8-9,15-16,38H,6-7,10-14H2,1-5H3,(H,30,37)(H,31,32,40)/b9-8+. The lowest BCUT2D eigenvalue weighted by Crippen LogP contribution is -2.42. The van der Waals surface area contributed by atoms with E-state index in [2.05, 4.69) is 15.7 Å². The molecule has 0 aromatic carbocycles. The van der Waals surface area contributed by atoms with Crippen LogP contribution in [-0.2, 0) is 16.1 Å². The topological polar surface area (TPSA) is 147 Å². The molecule has 41 heavy (non-hydrogen) atoms. The van der Waals surface area contributed by atoms with Crippen LogP contribution < -0.4 is 16.2 Å². The number of piperidine rings is 1. The first-order chi connectivity index (χ1) is 19.1. The van der Waals surface area contributed by atoms with Crippen molar-refractivity contribution in [2.75, 3.05) is 18.4 Å². The number of carbonyl (C=O) groups is 3. The van der Waals surface area contributed by atoms with Crippen LogP contribution in [-0.4, -0.2) is 72.8 Å². The molecule has 1 saturated heterocycles. The second-order valence-corrected chi connectivity index (χ2v) is 11.9. The van der Waals surface area contributed by atoms with Gasteiger partial charge in [-0.05, 0) is 45.6 Å². The molecule has 2 aliphatic rings. The monoisotopic (exact) mass is 578 g/mol. The highest BCUT2D eigenvalue weighted by Crippen LogP contribution is 2.30. The molecule has 14 heteroatoms. The molecule has 1 saturated carbocycles. The first-order valence-corrected chi connectivity index (χ1v) is 13.6. The van der Waals surface area contributed by atoms with E-state index < -0.39 is 59.3 Å². The van der Waals surface area contributed by atoms with Crippen LogP contribution in [0.1, 0.15) is 76.2 Å². The summed E-state index contributed by atoms with van der Waals surface area (Å²) in [5.41, 5.74) is -2.19. The second kappa shape index (κ2) is 11.1. The molecule has 2 aromatic heterocycles. The second-order valence-electron chi connectivity index (χ2n) is 11.9. The number of amides is 3. The van der Waals surface area contributed by atoms with E-state index in [-0.39, 0.29) is 48.6 Å². The summed E-state index contributed by atoms with van der Waals surface area (Å²) in [4.78, 5) is 53.3. The summed E-state index contributed by atoms with van der Waals surface area (Å²) in [5, 5.41) is 20.6. The number of fused-ring (bicyclic) bond motifs is 1. The minimum absolute atomic E-state index is 0.0180. The molecule has 3 amide bonds. The first kappa shape index (κ1) is 30.0.